The third-order valence-electron chi connectivity index (χ3n) is 6.19. The number of fused-ring (bicyclic) bond motifs is 1. The van der Waals surface area contributed by atoms with Crippen molar-refractivity contribution in [3.8, 4) is 0 Å². The molecule has 0 radical (unpaired) electrons. The molecule has 0 spiro atoms. The molecular formula is C28H45N7O9. The van der Waals surface area contributed by atoms with Gasteiger partial charge in [0, 0.05) is 52.4 Å². The molecule has 0 atom stereocenters. The van der Waals surface area contributed by atoms with E-state index in [0.29, 0.717) is 64.1 Å². The fourth-order valence-electron chi connectivity index (χ4n) is 4.23. The number of amides is 3. The van der Waals surface area contributed by atoms with Gasteiger partial charge in [-0.25, -0.2) is 19.0 Å². The zero-order chi connectivity index (χ0) is 33.1. The zero-order valence-corrected chi connectivity index (χ0v) is 26.6. The molecule has 0 aliphatic carbocycles. The second-order valence-corrected chi connectivity index (χ2v) is 12.3. The monoisotopic (exact) mass is 623 g/mol. The predicted molar refractivity (Wildman–Crippen MR) is 162 cm³/mol. The van der Waals surface area contributed by atoms with E-state index in [0.717, 1.165) is 0 Å². The number of nitrogens with zero attached hydrogens (tertiary/aromatic N) is 6. The quantitative estimate of drug-likeness (QED) is 0.155. The van der Waals surface area contributed by atoms with Crippen molar-refractivity contribution in [3.05, 3.63) is 22.2 Å². The summed E-state index contributed by atoms with van der Waals surface area (Å²) < 4.78 is 15.9. The zero-order valence-electron chi connectivity index (χ0n) is 26.6. The maximum atomic E-state index is 13.0. The van der Waals surface area contributed by atoms with E-state index in [2.05, 4.69) is 15.6 Å². The van der Waals surface area contributed by atoms with E-state index in [1.807, 2.05) is 11.9 Å². The highest BCUT2D eigenvalue weighted by Crippen LogP contribution is 2.30. The first-order chi connectivity index (χ1) is 20.5. The molecule has 0 unspecified atom stereocenters. The van der Waals surface area contributed by atoms with E-state index in [-0.39, 0.29) is 23.3 Å². The summed E-state index contributed by atoms with van der Waals surface area (Å²) in [6.07, 6.45) is 0.0673. The number of ether oxygens (including phenoxy) is 2. The minimum absolute atomic E-state index is 0.0632. The van der Waals surface area contributed by atoms with Crippen molar-refractivity contribution in [2.24, 2.45) is 0 Å². The van der Waals surface area contributed by atoms with Gasteiger partial charge in [-0.05, 0) is 83.6 Å². The molecule has 1 heterocycles. The molecule has 0 aliphatic rings. The van der Waals surface area contributed by atoms with Gasteiger partial charge in [0.2, 0.25) is 5.52 Å². The van der Waals surface area contributed by atoms with Crippen LogP contribution in [0.4, 0.5) is 25.8 Å². The molecular weight excluding hydrogens is 578 g/mol. The summed E-state index contributed by atoms with van der Waals surface area (Å²) in [5, 5.41) is 29.9. The molecule has 0 saturated heterocycles. The van der Waals surface area contributed by atoms with Crippen LogP contribution in [0.1, 0.15) is 67.2 Å². The minimum atomic E-state index is -1.13. The lowest BCUT2D eigenvalue weighted by Crippen LogP contribution is -2.40. The number of non-ortho nitro benzene ring substituents is 1. The van der Waals surface area contributed by atoms with Gasteiger partial charge < -0.3 is 34.6 Å². The molecule has 16 heteroatoms. The topological polar surface area (TPSA) is 194 Å². The number of benzene rings is 1. The normalized spacial score (nSPS) is 11.6. The Labute approximate surface area is 256 Å². The second-order valence-electron chi connectivity index (χ2n) is 12.3. The number of nitro groups is 1. The SMILES string of the molecule is CN(CCCN(CCCCN(CCCNC(=O)O)C(=O)OC(C)(C)C)C(=O)OC(C)(C)C)c1ccc([N+](=O)[O-])c2nonc12. The van der Waals surface area contributed by atoms with Crippen LogP contribution in [0.2, 0.25) is 0 Å². The number of hydrogen-bond acceptors (Lipinski definition) is 11. The molecule has 16 nitrogen and oxygen atoms in total. The standard InChI is InChI=1S/C28H45N7O9/c1-27(2,3)42-25(38)33(18-10-14-29-24(36)37)16-8-9-17-34(26(39)43-28(4,5)6)19-11-15-32(7)20-12-13-21(35(40)41)23-22(20)30-44-31-23/h12-13,29H,8-11,14-19H2,1-7H3,(H,36,37). The van der Waals surface area contributed by atoms with Crippen molar-refractivity contribution in [3.63, 3.8) is 0 Å². The Hall–Kier alpha value is -4.37. The van der Waals surface area contributed by atoms with E-state index in [9.17, 15) is 24.5 Å². The highest BCUT2D eigenvalue weighted by Gasteiger charge is 2.25. The first-order valence-corrected chi connectivity index (χ1v) is 14.5. The van der Waals surface area contributed by atoms with Crippen molar-refractivity contribution >= 4 is 40.7 Å². The Morgan fingerprint density at radius 2 is 1.36 bits per heavy atom. The number of nitrogens with one attached hydrogen (secondary N) is 1. The molecule has 2 N–H and O–H groups in total. The number of aromatic nitrogens is 2. The van der Waals surface area contributed by atoms with Crippen LogP contribution in [-0.2, 0) is 9.47 Å². The Balaban J connectivity index is 2.00. The average molecular weight is 624 g/mol. The largest absolute Gasteiger partial charge is 0.465 e. The molecule has 1 aromatic carbocycles. The molecule has 246 valence electrons. The van der Waals surface area contributed by atoms with Crippen LogP contribution in [0.25, 0.3) is 11.0 Å². The molecule has 3 amide bonds. The molecule has 2 rings (SSSR count). The average Bonchev–Trinajstić information content (AvgIpc) is 3.38. The number of nitro benzene ring substituents is 1. The van der Waals surface area contributed by atoms with Gasteiger partial charge in [0.1, 0.15) is 11.2 Å². The number of hydrogen-bond donors (Lipinski definition) is 2. The minimum Gasteiger partial charge on any atom is -0.465 e. The van der Waals surface area contributed by atoms with Crippen LogP contribution in [0.3, 0.4) is 0 Å². The molecule has 2 aromatic rings. The maximum Gasteiger partial charge on any atom is 0.410 e. The summed E-state index contributed by atoms with van der Waals surface area (Å²) in [6.45, 7) is 12.8. The van der Waals surface area contributed by atoms with Gasteiger partial charge in [-0.1, -0.05) is 0 Å². The van der Waals surface area contributed by atoms with Crippen LogP contribution in [0.5, 0.6) is 0 Å². The lowest BCUT2D eigenvalue weighted by molar-refractivity contribution is -0.383. The second kappa shape index (κ2) is 15.9. The first-order valence-electron chi connectivity index (χ1n) is 14.5. The van der Waals surface area contributed by atoms with Gasteiger partial charge in [-0.15, -0.1) is 0 Å². The summed E-state index contributed by atoms with van der Waals surface area (Å²) >= 11 is 0. The van der Waals surface area contributed by atoms with Gasteiger partial charge in [0.05, 0.1) is 10.6 Å². The van der Waals surface area contributed by atoms with Crippen LogP contribution in [0.15, 0.2) is 16.8 Å². The number of anilines is 1. The molecule has 0 saturated carbocycles. The number of unbranched alkanes of at least 4 members (excludes halogenated alkanes) is 1. The van der Waals surface area contributed by atoms with E-state index >= 15 is 0 Å². The van der Waals surface area contributed by atoms with Crippen molar-refractivity contribution in [2.75, 3.05) is 51.2 Å². The highest BCUT2D eigenvalue weighted by atomic mass is 16.6. The maximum absolute atomic E-state index is 13.0. The number of carbonyl (C=O) groups excluding carboxylic acids is 2. The van der Waals surface area contributed by atoms with E-state index in [1.165, 1.54) is 6.07 Å². The van der Waals surface area contributed by atoms with Crippen LogP contribution in [0, 0.1) is 10.1 Å². The number of carbonyl (C=O) groups is 3. The van der Waals surface area contributed by atoms with Crippen LogP contribution in [-0.4, -0.2) is 106 Å². The van der Waals surface area contributed by atoms with Crippen molar-refractivity contribution in [1.82, 2.24) is 25.4 Å². The highest BCUT2D eigenvalue weighted by molar-refractivity contribution is 5.93. The van der Waals surface area contributed by atoms with Crippen molar-refractivity contribution in [2.45, 2.75) is 78.4 Å². The summed E-state index contributed by atoms with van der Waals surface area (Å²) in [5.74, 6) is 0. The van der Waals surface area contributed by atoms with E-state index in [1.54, 1.807) is 57.4 Å². The fraction of sp³-hybridized carbons (Fsp3) is 0.679. The van der Waals surface area contributed by atoms with Gasteiger partial charge >= 0.3 is 24.0 Å². The summed E-state index contributed by atoms with van der Waals surface area (Å²) in [4.78, 5) is 52.3. The summed E-state index contributed by atoms with van der Waals surface area (Å²) in [5.41, 5.74) is -0.617. The Kier molecular flexibility index (Phi) is 13.0. The van der Waals surface area contributed by atoms with Gasteiger partial charge in [0.15, 0.2) is 5.52 Å². The molecule has 0 fully saturated rings. The Morgan fingerprint density at radius 3 is 1.86 bits per heavy atom. The number of carboxylic acid groups (broad SMARTS) is 1. The van der Waals surface area contributed by atoms with Gasteiger partial charge in [-0.3, -0.25) is 10.1 Å². The van der Waals surface area contributed by atoms with E-state index < -0.39 is 34.4 Å². The van der Waals surface area contributed by atoms with Crippen molar-refractivity contribution in [1.29, 1.82) is 0 Å². The van der Waals surface area contributed by atoms with Gasteiger partial charge in [0.25, 0.3) is 0 Å². The first kappa shape index (κ1) is 35.8. The molecule has 0 aliphatic heterocycles. The third kappa shape index (κ3) is 12.1. The predicted octanol–water partition coefficient (Wildman–Crippen LogP) is 4.87. The van der Waals surface area contributed by atoms with Gasteiger partial charge in [-0.2, -0.15) is 0 Å². The van der Waals surface area contributed by atoms with Crippen LogP contribution < -0.4 is 10.2 Å². The summed E-state index contributed by atoms with van der Waals surface area (Å²) in [7, 11) is 1.81. The smallest absolute Gasteiger partial charge is 0.410 e. The lowest BCUT2D eigenvalue weighted by Gasteiger charge is -2.29. The molecule has 0 bridgehead atoms. The van der Waals surface area contributed by atoms with Crippen LogP contribution >= 0.6 is 0 Å². The summed E-state index contributed by atoms with van der Waals surface area (Å²) in [6, 6.07) is 2.94. The number of rotatable bonds is 15. The van der Waals surface area contributed by atoms with E-state index in [4.69, 9.17) is 19.2 Å². The molecule has 1 aromatic heterocycles. The lowest BCUT2D eigenvalue weighted by atomic mass is 10.2. The van der Waals surface area contributed by atoms with Crippen molar-refractivity contribution < 1.29 is 38.5 Å². The third-order valence-corrected chi connectivity index (χ3v) is 6.19. The molecule has 44 heavy (non-hydrogen) atoms. The Morgan fingerprint density at radius 1 is 0.864 bits per heavy atom. The fourth-order valence-corrected chi connectivity index (χ4v) is 4.23. The Bertz CT molecular complexity index is 1270.